The van der Waals surface area contributed by atoms with Gasteiger partial charge in [0.05, 0.1) is 5.92 Å². The SMILES string of the molecule is O=S(=O)(c1cc(F)ccc1F)N1CC(c2nc(Cc3ccccc3)no2)C1. The van der Waals surface area contributed by atoms with E-state index in [2.05, 4.69) is 10.1 Å². The van der Waals surface area contributed by atoms with Crippen LogP contribution in [0, 0.1) is 11.6 Å². The largest absolute Gasteiger partial charge is 0.339 e. The van der Waals surface area contributed by atoms with Gasteiger partial charge in [-0.2, -0.15) is 9.29 Å². The molecule has 9 heteroatoms. The molecule has 0 atom stereocenters. The topological polar surface area (TPSA) is 76.3 Å². The highest BCUT2D eigenvalue weighted by atomic mass is 32.2. The van der Waals surface area contributed by atoms with Crippen molar-refractivity contribution >= 4 is 10.0 Å². The van der Waals surface area contributed by atoms with Crippen molar-refractivity contribution in [2.24, 2.45) is 0 Å². The van der Waals surface area contributed by atoms with Crippen molar-refractivity contribution in [2.75, 3.05) is 13.1 Å². The maximum absolute atomic E-state index is 13.8. The molecule has 140 valence electrons. The van der Waals surface area contributed by atoms with E-state index in [-0.39, 0.29) is 19.0 Å². The number of benzene rings is 2. The van der Waals surface area contributed by atoms with Gasteiger partial charge in [0.15, 0.2) is 5.82 Å². The first kappa shape index (κ1) is 17.7. The molecule has 4 rings (SSSR count). The van der Waals surface area contributed by atoms with Gasteiger partial charge in [0.25, 0.3) is 0 Å². The highest BCUT2D eigenvalue weighted by Gasteiger charge is 2.41. The molecule has 0 spiro atoms. The van der Waals surface area contributed by atoms with Crippen LogP contribution in [0.4, 0.5) is 8.78 Å². The summed E-state index contributed by atoms with van der Waals surface area (Å²) in [7, 11) is -4.11. The first-order valence-corrected chi connectivity index (χ1v) is 9.69. The number of rotatable bonds is 5. The highest BCUT2D eigenvalue weighted by Crippen LogP contribution is 2.32. The first-order chi connectivity index (χ1) is 12.9. The molecule has 0 N–H and O–H groups in total. The molecule has 0 saturated carbocycles. The van der Waals surface area contributed by atoms with Crippen LogP contribution in [-0.4, -0.2) is 36.0 Å². The van der Waals surface area contributed by atoms with E-state index in [1.807, 2.05) is 30.3 Å². The van der Waals surface area contributed by atoms with Crippen LogP contribution in [0.3, 0.4) is 0 Å². The molecule has 1 aromatic heterocycles. The van der Waals surface area contributed by atoms with Crippen LogP contribution in [0.2, 0.25) is 0 Å². The third-order valence-electron chi connectivity index (χ3n) is 4.40. The Morgan fingerprint density at radius 2 is 1.85 bits per heavy atom. The molecule has 0 aliphatic carbocycles. The van der Waals surface area contributed by atoms with Crippen molar-refractivity contribution in [3.63, 3.8) is 0 Å². The fraction of sp³-hybridized carbons (Fsp3) is 0.222. The smallest absolute Gasteiger partial charge is 0.246 e. The van der Waals surface area contributed by atoms with Gasteiger partial charge in [-0.05, 0) is 23.8 Å². The van der Waals surface area contributed by atoms with Gasteiger partial charge in [-0.25, -0.2) is 17.2 Å². The predicted molar refractivity (Wildman–Crippen MR) is 91.4 cm³/mol. The van der Waals surface area contributed by atoms with Crippen LogP contribution in [0.5, 0.6) is 0 Å². The normalized spacial score (nSPS) is 15.6. The van der Waals surface area contributed by atoms with Gasteiger partial charge >= 0.3 is 0 Å². The summed E-state index contributed by atoms with van der Waals surface area (Å²) in [5.74, 6) is -1.22. The Morgan fingerprint density at radius 1 is 1.11 bits per heavy atom. The van der Waals surface area contributed by atoms with E-state index < -0.39 is 26.6 Å². The van der Waals surface area contributed by atoms with E-state index in [0.29, 0.717) is 24.2 Å². The Morgan fingerprint density at radius 3 is 2.59 bits per heavy atom. The van der Waals surface area contributed by atoms with E-state index in [4.69, 9.17) is 4.52 Å². The summed E-state index contributed by atoms with van der Waals surface area (Å²) in [4.78, 5) is 3.64. The number of nitrogens with zero attached hydrogens (tertiary/aromatic N) is 3. The van der Waals surface area contributed by atoms with Crippen LogP contribution in [-0.2, 0) is 16.4 Å². The lowest BCUT2D eigenvalue weighted by atomic mass is 10.0. The van der Waals surface area contributed by atoms with E-state index >= 15 is 0 Å². The second-order valence-corrected chi connectivity index (χ2v) is 8.21. The van der Waals surface area contributed by atoms with Gasteiger partial charge in [0.1, 0.15) is 16.5 Å². The molecule has 1 fully saturated rings. The van der Waals surface area contributed by atoms with E-state index in [9.17, 15) is 17.2 Å². The number of hydrogen-bond donors (Lipinski definition) is 0. The standard InChI is InChI=1S/C18H15F2N3O3S/c19-14-6-7-15(20)16(9-14)27(24,25)23-10-13(11-23)18-21-17(22-26-18)8-12-4-2-1-3-5-12/h1-7,9,13H,8,10-11H2. The highest BCUT2D eigenvalue weighted by molar-refractivity contribution is 7.89. The zero-order chi connectivity index (χ0) is 19.0. The zero-order valence-electron chi connectivity index (χ0n) is 14.0. The molecule has 3 aromatic rings. The summed E-state index contributed by atoms with van der Waals surface area (Å²) in [6.45, 7) is 0.149. The van der Waals surface area contributed by atoms with Crippen LogP contribution in [0.1, 0.15) is 23.2 Å². The molecule has 0 amide bonds. The van der Waals surface area contributed by atoms with E-state index in [1.165, 1.54) is 0 Å². The lowest BCUT2D eigenvalue weighted by Gasteiger charge is -2.35. The second kappa shape index (κ2) is 6.82. The second-order valence-electron chi connectivity index (χ2n) is 6.30. The Balaban J connectivity index is 1.44. The molecule has 0 bridgehead atoms. The number of halogens is 2. The fourth-order valence-electron chi connectivity index (χ4n) is 2.89. The van der Waals surface area contributed by atoms with Crippen molar-refractivity contribution in [3.05, 3.63) is 77.4 Å². The maximum Gasteiger partial charge on any atom is 0.246 e. The monoisotopic (exact) mass is 391 g/mol. The van der Waals surface area contributed by atoms with Crippen LogP contribution in [0.15, 0.2) is 57.9 Å². The summed E-state index contributed by atoms with van der Waals surface area (Å²) in [6, 6.07) is 12.0. The van der Waals surface area contributed by atoms with Crippen molar-refractivity contribution in [1.29, 1.82) is 0 Å². The Kier molecular flexibility index (Phi) is 4.48. The Hall–Kier alpha value is -2.65. The van der Waals surface area contributed by atoms with Crippen molar-refractivity contribution in [1.82, 2.24) is 14.4 Å². The quantitative estimate of drug-likeness (QED) is 0.668. The van der Waals surface area contributed by atoms with E-state index in [1.54, 1.807) is 0 Å². The minimum Gasteiger partial charge on any atom is -0.339 e. The molecule has 2 heterocycles. The van der Waals surface area contributed by atoms with Gasteiger partial charge in [-0.3, -0.25) is 0 Å². The molecule has 27 heavy (non-hydrogen) atoms. The van der Waals surface area contributed by atoms with Gasteiger partial charge in [-0.1, -0.05) is 35.5 Å². The maximum atomic E-state index is 13.8. The van der Waals surface area contributed by atoms with E-state index in [0.717, 1.165) is 22.0 Å². The first-order valence-electron chi connectivity index (χ1n) is 8.25. The number of aromatic nitrogens is 2. The molecule has 2 aromatic carbocycles. The van der Waals surface area contributed by atoms with Crippen molar-refractivity contribution < 1.29 is 21.7 Å². The molecule has 1 aliphatic heterocycles. The Labute approximate surface area is 154 Å². The lowest BCUT2D eigenvalue weighted by Crippen LogP contribution is -2.48. The average Bonchev–Trinajstić information content (AvgIpc) is 3.04. The van der Waals surface area contributed by atoms with Crippen LogP contribution in [0.25, 0.3) is 0 Å². The van der Waals surface area contributed by atoms with Gasteiger partial charge in [-0.15, -0.1) is 0 Å². The lowest BCUT2D eigenvalue weighted by molar-refractivity contribution is 0.216. The van der Waals surface area contributed by atoms with Crippen LogP contribution >= 0.6 is 0 Å². The summed E-state index contributed by atoms with van der Waals surface area (Å²) in [6.07, 6.45) is 0.508. The minimum atomic E-state index is -4.11. The molecule has 0 radical (unpaired) electrons. The Bertz CT molecular complexity index is 1060. The minimum absolute atomic E-state index is 0.0747. The summed E-state index contributed by atoms with van der Waals surface area (Å²) >= 11 is 0. The summed E-state index contributed by atoms with van der Waals surface area (Å²) in [5, 5.41) is 3.92. The predicted octanol–water partition coefficient (Wildman–Crippen LogP) is 2.73. The molecule has 6 nitrogen and oxygen atoms in total. The summed E-state index contributed by atoms with van der Waals surface area (Å²) in [5.41, 5.74) is 1.03. The molecule has 0 unspecified atom stereocenters. The number of sulfonamides is 1. The third kappa shape index (κ3) is 3.47. The van der Waals surface area contributed by atoms with Gasteiger partial charge in [0, 0.05) is 19.5 Å². The number of hydrogen-bond acceptors (Lipinski definition) is 5. The van der Waals surface area contributed by atoms with Crippen molar-refractivity contribution in [3.8, 4) is 0 Å². The summed E-state index contributed by atoms with van der Waals surface area (Å²) < 4.78 is 58.3. The molecular weight excluding hydrogens is 376 g/mol. The molecular formula is C18H15F2N3O3S. The molecule has 1 saturated heterocycles. The van der Waals surface area contributed by atoms with Crippen molar-refractivity contribution in [2.45, 2.75) is 17.2 Å². The fourth-order valence-corrected chi connectivity index (χ4v) is 4.49. The average molecular weight is 391 g/mol. The third-order valence-corrected chi connectivity index (χ3v) is 6.24. The molecule has 1 aliphatic rings. The van der Waals surface area contributed by atoms with Gasteiger partial charge < -0.3 is 4.52 Å². The van der Waals surface area contributed by atoms with Gasteiger partial charge in [0.2, 0.25) is 15.9 Å². The van der Waals surface area contributed by atoms with Crippen LogP contribution < -0.4 is 0 Å². The zero-order valence-corrected chi connectivity index (χ0v) is 14.9.